The first-order valence-electron chi connectivity index (χ1n) is 7.05. The molecule has 0 spiro atoms. The standard InChI is InChI=1S/C14H21NO5/c1-18-8-9-19-14(17)12-11(16)10-20-13(12)15-6-4-2-3-5-7-15/h2-10H2,1H3. The van der Waals surface area contributed by atoms with Crippen LogP contribution in [0, 0.1) is 0 Å². The third-order valence-electron chi connectivity index (χ3n) is 3.45. The molecular weight excluding hydrogens is 262 g/mol. The molecule has 6 heteroatoms. The first kappa shape index (κ1) is 14.8. The van der Waals surface area contributed by atoms with E-state index in [1.165, 1.54) is 20.0 Å². The van der Waals surface area contributed by atoms with E-state index in [9.17, 15) is 9.59 Å². The maximum atomic E-state index is 12.0. The van der Waals surface area contributed by atoms with Crippen molar-refractivity contribution in [3.63, 3.8) is 0 Å². The number of rotatable bonds is 5. The molecule has 0 aromatic heterocycles. The van der Waals surface area contributed by atoms with E-state index in [0.29, 0.717) is 12.5 Å². The molecule has 0 aromatic carbocycles. The van der Waals surface area contributed by atoms with Crippen molar-refractivity contribution in [2.45, 2.75) is 25.7 Å². The highest BCUT2D eigenvalue weighted by atomic mass is 16.6. The lowest BCUT2D eigenvalue weighted by molar-refractivity contribution is -0.141. The molecule has 2 aliphatic heterocycles. The van der Waals surface area contributed by atoms with Crippen molar-refractivity contribution >= 4 is 11.8 Å². The molecule has 2 heterocycles. The second-order valence-corrected chi connectivity index (χ2v) is 4.92. The van der Waals surface area contributed by atoms with Crippen molar-refractivity contribution in [1.82, 2.24) is 4.90 Å². The van der Waals surface area contributed by atoms with E-state index < -0.39 is 5.97 Å². The summed E-state index contributed by atoms with van der Waals surface area (Å²) in [6.45, 7) is 2.02. The number of carbonyl (C=O) groups excluding carboxylic acids is 2. The molecular formula is C14H21NO5. The zero-order valence-corrected chi connectivity index (χ0v) is 11.9. The van der Waals surface area contributed by atoms with Gasteiger partial charge in [0.25, 0.3) is 0 Å². The van der Waals surface area contributed by atoms with Gasteiger partial charge in [-0.2, -0.15) is 0 Å². The van der Waals surface area contributed by atoms with Crippen LogP contribution in [-0.4, -0.2) is 56.7 Å². The second kappa shape index (κ2) is 7.28. The van der Waals surface area contributed by atoms with Crippen molar-refractivity contribution in [2.24, 2.45) is 0 Å². The number of ketones is 1. The number of carbonyl (C=O) groups is 2. The zero-order valence-electron chi connectivity index (χ0n) is 11.9. The Morgan fingerprint density at radius 2 is 1.90 bits per heavy atom. The summed E-state index contributed by atoms with van der Waals surface area (Å²) < 4.78 is 15.3. The number of methoxy groups -OCH3 is 1. The number of likely N-dealkylation sites (tertiary alicyclic amines) is 1. The van der Waals surface area contributed by atoms with Gasteiger partial charge in [-0.1, -0.05) is 12.8 Å². The van der Waals surface area contributed by atoms with E-state index in [-0.39, 0.29) is 24.6 Å². The second-order valence-electron chi connectivity index (χ2n) is 4.92. The third-order valence-corrected chi connectivity index (χ3v) is 3.45. The van der Waals surface area contributed by atoms with Crippen molar-refractivity contribution < 1.29 is 23.8 Å². The van der Waals surface area contributed by atoms with Gasteiger partial charge in [-0.05, 0) is 12.8 Å². The van der Waals surface area contributed by atoms with Crippen LogP contribution in [0.4, 0.5) is 0 Å². The van der Waals surface area contributed by atoms with Crippen LogP contribution in [0.15, 0.2) is 11.5 Å². The van der Waals surface area contributed by atoms with Crippen LogP contribution in [0.5, 0.6) is 0 Å². The van der Waals surface area contributed by atoms with Gasteiger partial charge in [-0.15, -0.1) is 0 Å². The Morgan fingerprint density at radius 3 is 2.55 bits per heavy atom. The minimum atomic E-state index is -0.608. The fraction of sp³-hybridized carbons (Fsp3) is 0.714. The van der Waals surface area contributed by atoms with Gasteiger partial charge in [0.15, 0.2) is 12.2 Å². The first-order chi connectivity index (χ1) is 9.74. The van der Waals surface area contributed by atoms with Crippen LogP contribution < -0.4 is 0 Å². The zero-order chi connectivity index (χ0) is 14.4. The van der Waals surface area contributed by atoms with Crippen LogP contribution in [0.25, 0.3) is 0 Å². The summed E-state index contributed by atoms with van der Waals surface area (Å²) in [5.74, 6) is -0.505. The maximum Gasteiger partial charge on any atom is 0.347 e. The molecule has 0 aliphatic carbocycles. The summed E-state index contributed by atoms with van der Waals surface area (Å²) in [5, 5.41) is 0. The monoisotopic (exact) mass is 283 g/mol. The van der Waals surface area contributed by atoms with Crippen LogP contribution in [0.3, 0.4) is 0 Å². The summed E-state index contributed by atoms with van der Waals surface area (Å²) in [5.41, 5.74) is 0.0583. The van der Waals surface area contributed by atoms with E-state index >= 15 is 0 Å². The van der Waals surface area contributed by atoms with E-state index in [1.807, 2.05) is 4.90 Å². The van der Waals surface area contributed by atoms with Crippen LogP contribution in [-0.2, 0) is 23.8 Å². The molecule has 0 radical (unpaired) electrons. The van der Waals surface area contributed by atoms with Gasteiger partial charge >= 0.3 is 5.97 Å². The summed E-state index contributed by atoms with van der Waals surface area (Å²) in [6.07, 6.45) is 4.44. The molecule has 6 nitrogen and oxygen atoms in total. The molecule has 1 saturated heterocycles. The Labute approximate surface area is 118 Å². The molecule has 0 aromatic rings. The minimum Gasteiger partial charge on any atom is -0.470 e. The number of hydrogen-bond acceptors (Lipinski definition) is 6. The van der Waals surface area contributed by atoms with Gasteiger partial charge < -0.3 is 19.1 Å². The van der Waals surface area contributed by atoms with Gasteiger partial charge in [0, 0.05) is 20.2 Å². The first-order valence-corrected chi connectivity index (χ1v) is 7.05. The molecule has 20 heavy (non-hydrogen) atoms. The Kier molecular flexibility index (Phi) is 5.40. The number of esters is 1. The molecule has 2 rings (SSSR count). The maximum absolute atomic E-state index is 12.0. The normalized spacial score (nSPS) is 19.9. The summed E-state index contributed by atoms with van der Waals surface area (Å²) in [4.78, 5) is 25.8. The average Bonchev–Trinajstić information content (AvgIpc) is 2.66. The van der Waals surface area contributed by atoms with Gasteiger partial charge in [0.1, 0.15) is 6.61 Å². The highest BCUT2D eigenvalue weighted by molar-refractivity contribution is 6.19. The topological polar surface area (TPSA) is 65.1 Å². The molecule has 112 valence electrons. The average molecular weight is 283 g/mol. The summed E-state index contributed by atoms with van der Waals surface area (Å²) >= 11 is 0. The van der Waals surface area contributed by atoms with Crippen LogP contribution >= 0.6 is 0 Å². The van der Waals surface area contributed by atoms with Gasteiger partial charge in [-0.25, -0.2) is 4.79 Å². The van der Waals surface area contributed by atoms with Crippen molar-refractivity contribution in [1.29, 1.82) is 0 Å². The smallest absolute Gasteiger partial charge is 0.347 e. The Morgan fingerprint density at radius 1 is 1.20 bits per heavy atom. The highest BCUT2D eigenvalue weighted by Gasteiger charge is 2.35. The Bertz CT molecular complexity index is 396. The Hall–Kier alpha value is -1.56. The lowest BCUT2D eigenvalue weighted by Crippen LogP contribution is -2.27. The SMILES string of the molecule is COCCOC(=O)C1=C(N2CCCCCC2)OCC1=O. The van der Waals surface area contributed by atoms with Crippen LogP contribution in [0.1, 0.15) is 25.7 Å². The predicted molar refractivity (Wildman–Crippen MR) is 70.9 cm³/mol. The third kappa shape index (κ3) is 3.50. The largest absolute Gasteiger partial charge is 0.470 e. The van der Waals surface area contributed by atoms with Gasteiger partial charge in [0.2, 0.25) is 11.7 Å². The van der Waals surface area contributed by atoms with Crippen molar-refractivity contribution in [3.05, 3.63) is 11.5 Å². The van der Waals surface area contributed by atoms with Gasteiger partial charge in [-0.3, -0.25) is 4.79 Å². The van der Waals surface area contributed by atoms with Crippen molar-refractivity contribution in [2.75, 3.05) is 40.0 Å². The number of Topliss-reactive ketones (excluding diaryl/α,β-unsaturated/α-hetero) is 1. The Balaban J connectivity index is 2.09. The van der Waals surface area contributed by atoms with Crippen molar-refractivity contribution in [3.8, 4) is 0 Å². The molecule has 0 bridgehead atoms. The molecule has 2 aliphatic rings. The lowest BCUT2D eigenvalue weighted by atomic mass is 10.2. The number of ether oxygens (including phenoxy) is 3. The van der Waals surface area contributed by atoms with E-state index in [0.717, 1.165) is 25.9 Å². The molecule has 0 amide bonds. The lowest BCUT2D eigenvalue weighted by Gasteiger charge is -2.23. The summed E-state index contributed by atoms with van der Waals surface area (Å²) in [7, 11) is 1.53. The van der Waals surface area contributed by atoms with E-state index in [2.05, 4.69) is 0 Å². The minimum absolute atomic E-state index is 0.0583. The molecule has 0 N–H and O–H groups in total. The number of nitrogens with zero attached hydrogens (tertiary/aromatic N) is 1. The van der Waals surface area contributed by atoms with Crippen LogP contribution in [0.2, 0.25) is 0 Å². The predicted octanol–water partition coefficient (Wildman–Crippen LogP) is 0.863. The quantitative estimate of drug-likeness (QED) is 0.424. The van der Waals surface area contributed by atoms with Gasteiger partial charge in [0.05, 0.1) is 6.61 Å². The fourth-order valence-electron chi connectivity index (χ4n) is 2.41. The fourth-order valence-corrected chi connectivity index (χ4v) is 2.41. The molecule has 0 unspecified atom stereocenters. The molecule has 1 fully saturated rings. The summed E-state index contributed by atoms with van der Waals surface area (Å²) in [6, 6.07) is 0. The molecule has 0 saturated carbocycles. The van der Waals surface area contributed by atoms with E-state index in [4.69, 9.17) is 14.2 Å². The molecule has 0 atom stereocenters. The highest BCUT2D eigenvalue weighted by Crippen LogP contribution is 2.24. The van der Waals surface area contributed by atoms with E-state index in [1.54, 1.807) is 0 Å². The number of hydrogen-bond donors (Lipinski definition) is 0.